The predicted molar refractivity (Wildman–Crippen MR) is 101 cm³/mol. The molecule has 2 aromatic rings. The number of nitrogens with zero attached hydrogens (tertiary/aromatic N) is 1. The van der Waals surface area contributed by atoms with Crippen molar-refractivity contribution >= 4 is 17.4 Å². The summed E-state index contributed by atoms with van der Waals surface area (Å²) in [5, 5.41) is 11.2. The van der Waals surface area contributed by atoms with Crippen molar-refractivity contribution in [3.05, 3.63) is 53.6 Å². The van der Waals surface area contributed by atoms with Crippen molar-refractivity contribution in [1.29, 1.82) is 0 Å². The molecule has 3 rings (SSSR count). The highest BCUT2D eigenvalue weighted by atomic mass is 16.5. The molecule has 0 unspecified atom stereocenters. The maximum Gasteiger partial charge on any atom is 0.264 e. The number of amides is 1. The summed E-state index contributed by atoms with van der Waals surface area (Å²) in [6.07, 6.45) is 0.375. The van der Waals surface area contributed by atoms with Gasteiger partial charge in [-0.15, -0.1) is 0 Å². The van der Waals surface area contributed by atoms with Crippen LogP contribution in [0.2, 0.25) is 0 Å². The molecule has 1 atom stereocenters. The fourth-order valence-corrected chi connectivity index (χ4v) is 3.48. The van der Waals surface area contributed by atoms with Gasteiger partial charge in [-0.3, -0.25) is 9.59 Å². The van der Waals surface area contributed by atoms with Crippen LogP contribution in [0.15, 0.2) is 42.5 Å². The van der Waals surface area contributed by atoms with Crippen molar-refractivity contribution < 1.29 is 24.2 Å². The Bertz CT molecular complexity index is 879. The third kappa shape index (κ3) is 3.17. The topological polar surface area (TPSA) is 76.1 Å². The molecule has 0 bridgehead atoms. The number of ether oxygens (including phenoxy) is 2. The molecule has 6 heteroatoms. The largest absolute Gasteiger partial charge is 0.497 e. The first kappa shape index (κ1) is 18.9. The van der Waals surface area contributed by atoms with Crippen LogP contribution in [0.5, 0.6) is 11.5 Å². The molecule has 0 spiro atoms. The Kier molecular flexibility index (Phi) is 5.19. The molecular formula is C21H23NO5. The summed E-state index contributed by atoms with van der Waals surface area (Å²) in [6.45, 7) is 2.44. The van der Waals surface area contributed by atoms with Gasteiger partial charge in [0.1, 0.15) is 11.5 Å². The first-order valence-corrected chi connectivity index (χ1v) is 8.85. The van der Waals surface area contributed by atoms with Crippen molar-refractivity contribution in [1.82, 2.24) is 0 Å². The van der Waals surface area contributed by atoms with Crippen LogP contribution in [0.3, 0.4) is 0 Å². The third-order valence-electron chi connectivity index (χ3n) is 4.81. The summed E-state index contributed by atoms with van der Waals surface area (Å²) in [4.78, 5) is 27.5. The SMILES string of the molecule is CCCN1C(=O)[C@@](O)(CC(=O)c2cc(OC)ccc2OC)c2ccccc21. The molecule has 1 amide bonds. The first-order valence-electron chi connectivity index (χ1n) is 8.85. The van der Waals surface area contributed by atoms with Gasteiger partial charge in [0, 0.05) is 12.1 Å². The summed E-state index contributed by atoms with van der Waals surface area (Å²) >= 11 is 0. The molecule has 2 aromatic carbocycles. The van der Waals surface area contributed by atoms with Gasteiger partial charge in [-0.25, -0.2) is 0 Å². The van der Waals surface area contributed by atoms with Gasteiger partial charge >= 0.3 is 0 Å². The Balaban J connectivity index is 2.00. The number of para-hydroxylation sites is 1. The third-order valence-corrected chi connectivity index (χ3v) is 4.81. The average molecular weight is 369 g/mol. The summed E-state index contributed by atoms with van der Waals surface area (Å²) in [7, 11) is 2.97. The number of anilines is 1. The summed E-state index contributed by atoms with van der Waals surface area (Å²) in [5.41, 5.74) is -0.517. The quantitative estimate of drug-likeness (QED) is 0.760. The Morgan fingerprint density at radius 3 is 2.56 bits per heavy atom. The number of hydrogen-bond acceptors (Lipinski definition) is 5. The molecule has 142 valence electrons. The molecule has 1 aliphatic heterocycles. The maximum atomic E-state index is 13.0. The van der Waals surface area contributed by atoms with E-state index in [1.54, 1.807) is 41.3 Å². The molecule has 6 nitrogen and oxygen atoms in total. The minimum absolute atomic E-state index is 0.268. The number of Topliss-reactive ketones (excluding diaryl/α,β-unsaturated/α-hetero) is 1. The highest BCUT2D eigenvalue weighted by molar-refractivity contribution is 6.11. The number of rotatable bonds is 7. The molecule has 0 fully saturated rings. The lowest BCUT2D eigenvalue weighted by Gasteiger charge is -2.23. The molecule has 1 aliphatic rings. The predicted octanol–water partition coefficient (Wildman–Crippen LogP) is 2.92. The lowest BCUT2D eigenvalue weighted by atomic mass is 9.88. The molecule has 0 saturated carbocycles. The highest BCUT2D eigenvalue weighted by Crippen LogP contribution is 2.43. The van der Waals surface area contributed by atoms with E-state index in [1.807, 2.05) is 13.0 Å². The minimum Gasteiger partial charge on any atom is -0.497 e. The van der Waals surface area contributed by atoms with Crippen molar-refractivity contribution in [3.63, 3.8) is 0 Å². The van der Waals surface area contributed by atoms with E-state index in [2.05, 4.69) is 0 Å². The highest BCUT2D eigenvalue weighted by Gasteiger charge is 2.50. The van der Waals surface area contributed by atoms with Gasteiger partial charge in [0.2, 0.25) is 0 Å². The van der Waals surface area contributed by atoms with Crippen molar-refractivity contribution in [2.24, 2.45) is 0 Å². The smallest absolute Gasteiger partial charge is 0.264 e. The van der Waals surface area contributed by atoms with Crippen molar-refractivity contribution in [3.8, 4) is 11.5 Å². The second-order valence-electron chi connectivity index (χ2n) is 6.50. The van der Waals surface area contributed by atoms with Crippen LogP contribution in [0, 0.1) is 0 Å². The maximum absolute atomic E-state index is 13.0. The number of benzene rings is 2. The summed E-state index contributed by atoms with van der Waals surface area (Å²) in [5.74, 6) is 0.000887. The van der Waals surface area contributed by atoms with E-state index in [0.29, 0.717) is 29.3 Å². The number of ketones is 1. The van der Waals surface area contributed by atoms with E-state index in [-0.39, 0.29) is 12.0 Å². The lowest BCUT2D eigenvalue weighted by molar-refractivity contribution is -0.135. The van der Waals surface area contributed by atoms with Gasteiger partial charge < -0.3 is 19.5 Å². The van der Waals surface area contributed by atoms with Gasteiger partial charge in [0.05, 0.1) is 31.9 Å². The second kappa shape index (κ2) is 7.40. The van der Waals surface area contributed by atoms with E-state index in [1.165, 1.54) is 14.2 Å². The van der Waals surface area contributed by atoms with E-state index in [0.717, 1.165) is 6.42 Å². The van der Waals surface area contributed by atoms with Crippen LogP contribution in [-0.2, 0) is 10.4 Å². The summed E-state index contributed by atoms with van der Waals surface area (Å²) in [6, 6.07) is 11.9. The fraction of sp³-hybridized carbons (Fsp3) is 0.333. The Morgan fingerprint density at radius 1 is 1.15 bits per heavy atom. The van der Waals surface area contributed by atoms with Crippen molar-refractivity contribution in [2.75, 3.05) is 25.7 Å². The first-order chi connectivity index (χ1) is 13.0. The Morgan fingerprint density at radius 2 is 1.89 bits per heavy atom. The molecule has 1 N–H and O–H groups in total. The molecular weight excluding hydrogens is 346 g/mol. The molecule has 0 radical (unpaired) electrons. The number of methoxy groups -OCH3 is 2. The van der Waals surface area contributed by atoms with Gasteiger partial charge in [-0.2, -0.15) is 0 Å². The lowest BCUT2D eigenvalue weighted by Crippen LogP contribution is -2.42. The standard InChI is InChI=1S/C21H23NO5/c1-4-11-22-17-8-6-5-7-16(17)21(25,20(22)24)13-18(23)15-12-14(26-2)9-10-19(15)27-3/h5-10,12,25H,4,11,13H2,1-3H3/t21-/m1/s1. The van der Waals surface area contributed by atoms with Crippen LogP contribution in [0.25, 0.3) is 0 Å². The number of carbonyl (C=O) groups excluding carboxylic acids is 2. The monoisotopic (exact) mass is 369 g/mol. The summed E-state index contributed by atoms with van der Waals surface area (Å²) < 4.78 is 10.4. The van der Waals surface area contributed by atoms with Crippen LogP contribution < -0.4 is 14.4 Å². The van der Waals surface area contributed by atoms with E-state index in [9.17, 15) is 14.7 Å². The second-order valence-corrected chi connectivity index (χ2v) is 6.50. The van der Waals surface area contributed by atoms with Gasteiger partial charge in [0.25, 0.3) is 5.91 Å². The zero-order valence-electron chi connectivity index (χ0n) is 15.7. The van der Waals surface area contributed by atoms with Crippen LogP contribution in [0.1, 0.15) is 35.7 Å². The Labute approximate surface area is 158 Å². The van der Waals surface area contributed by atoms with Gasteiger partial charge in [-0.1, -0.05) is 25.1 Å². The van der Waals surface area contributed by atoms with Crippen LogP contribution >= 0.6 is 0 Å². The Hall–Kier alpha value is -2.86. The fourth-order valence-electron chi connectivity index (χ4n) is 3.48. The number of aliphatic hydroxyl groups is 1. The minimum atomic E-state index is -1.89. The molecule has 0 aliphatic carbocycles. The van der Waals surface area contributed by atoms with Crippen molar-refractivity contribution in [2.45, 2.75) is 25.4 Å². The van der Waals surface area contributed by atoms with Crippen LogP contribution in [-0.4, -0.2) is 37.6 Å². The van der Waals surface area contributed by atoms with E-state index < -0.39 is 17.3 Å². The van der Waals surface area contributed by atoms with Crippen LogP contribution in [0.4, 0.5) is 5.69 Å². The average Bonchev–Trinajstić information content (AvgIpc) is 2.90. The molecule has 0 saturated heterocycles. The molecule has 0 aromatic heterocycles. The molecule has 1 heterocycles. The number of hydrogen-bond donors (Lipinski definition) is 1. The number of carbonyl (C=O) groups is 2. The number of fused-ring (bicyclic) bond motifs is 1. The normalized spacial score (nSPS) is 18.4. The zero-order valence-corrected chi connectivity index (χ0v) is 15.7. The van der Waals surface area contributed by atoms with Gasteiger partial charge in [-0.05, 0) is 30.7 Å². The molecule has 27 heavy (non-hydrogen) atoms. The van der Waals surface area contributed by atoms with E-state index in [4.69, 9.17) is 9.47 Å². The van der Waals surface area contributed by atoms with E-state index >= 15 is 0 Å². The van der Waals surface area contributed by atoms with Gasteiger partial charge in [0.15, 0.2) is 11.4 Å². The zero-order chi connectivity index (χ0) is 19.6.